The van der Waals surface area contributed by atoms with Crippen LogP contribution in [-0.2, 0) is 28.6 Å². The van der Waals surface area contributed by atoms with Gasteiger partial charge in [0.05, 0.1) is 0 Å². The van der Waals surface area contributed by atoms with Gasteiger partial charge < -0.3 is 14.2 Å². The number of unbranched alkanes of at least 4 members (excludes halogenated alkanes) is 15. The lowest BCUT2D eigenvalue weighted by molar-refractivity contribution is -0.167. The first-order chi connectivity index (χ1) is 31.0. The minimum Gasteiger partial charge on any atom is -0.462 e. The van der Waals surface area contributed by atoms with E-state index in [2.05, 4.69) is 130 Å². The summed E-state index contributed by atoms with van der Waals surface area (Å²) in [6.45, 7) is 6.35. The Balaban J connectivity index is 4.54. The van der Waals surface area contributed by atoms with E-state index in [4.69, 9.17) is 14.2 Å². The fourth-order valence-electron chi connectivity index (χ4n) is 6.39. The molecule has 0 rings (SSSR count). The van der Waals surface area contributed by atoms with Crippen LogP contribution in [0.3, 0.4) is 0 Å². The summed E-state index contributed by atoms with van der Waals surface area (Å²) in [7, 11) is 0. The molecular formula is C57H92O6. The maximum absolute atomic E-state index is 12.8. The van der Waals surface area contributed by atoms with Crippen LogP contribution in [0.15, 0.2) is 109 Å². The van der Waals surface area contributed by atoms with Gasteiger partial charge in [-0.15, -0.1) is 0 Å². The molecule has 0 N–H and O–H groups in total. The Bertz CT molecular complexity index is 1330. The number of carbonyl (C=O) groups excluding carboxylic acids is 3. The molecule has 6 nitrogen and oxygen atoms in total. The summed E-state index contributed by atoms with van der Waals surface area (Å²) in [5, 5.41) is 0. The summed E-state index contributed by atoms with van der Waals surface area (Å²) < 4.78 is 16.7. The topological polar surface area (TPSA) is 78.9 Å². The third kappa shape index (κ3) is 49.0. The third-order valence-corrected chi connectivity index (χ3v) is 10.2. The molecule has 0 saturated carbocycles. The molecule has 0 heterocycles. The summed E-state index contributed by atoms with van der Waals surface area (Å²) >= 11 is 0. The molecule has 0 aromatic heterocycles. The van der Waals surface area contributed by atoms with Gasteiger partial charge in [0.15, 0.2) is 6.10 Å². The van der Waals surface area contributed by atoms with Crippen molar-refractivity contribution >= 4 is 17.9 Å². The molecule has 0 bridgehead atoms. The van der Waals surface area contributed by atoms with E-state index >= 15 is 0 Å². The molecule has 0 radical (unpaired) electrons. The van der Waals surface area contributed by atoms with Gasteiger partial charge in [0.25, 0.3) is 0 Å². The largest absolute Gasteiger partial charge is 0.462 e. The second-order valence-corrected chi connectivity index (χ2v) is 16.3. The van der Waals surface area contributed by atoms with E-state index in [9.17, 15) is 14.4 Å². The molecule has 63 heavy (non-hydrogen) atoms. The number of carbonyl (C=O) groups is 3. The smallest absolute Gasteiger partial charge is 0.306 e. The quantitative estimate of drug-likeness (QED) is 0.0263. The van der Waals surface area contributed by atoms with Crippen LogP contribution in [-0.4, -0.2) is 37.2 Å². The van der Waals surface area contributed by atoms with E-state index in [1.165, 1.54) is 38.5 Å². The fourth-order valence-corrected chi connectivity index (χ4v) is 6.39. The Morgan fingerprint density at radius 2 is 0.635 bits per heavy atom. The minimum absolute atomic E-state index is 0.111. The minimum atomic E-state index is -0.815. The van der Waals surface area contributed by atoms with Crippen molar-refractivity contribution in [3.63, 3.8) is 0 Å². The van der Waals surface area contributed by atoms with Crippen LogP contribution in [0, 0.1) is 0 Å². The highest BCUT2D eigenvalue weighted by Gasteiger charge is 2.19. The Kier molecular flexibility index (Phi) is 47.5. The monoisotopic (exact) mass is 873 g/mol. The van der Waals surface area contributed by atoms with Gasteiger partial charge in [-0.1, -0.05) is 194 Å². The highest BCUT2D eigenvalue weighted by molar-refractivity contribution is 5.71. The predicted molar refractivity (Wildman–Crippen MR) is 270 cm³/mol. The number of ether oxygens (including phenoxy) is 3. The Morgan fingerprint density at radius 3 is 1.03 bits per heavy atom. The van der Waals surface area contributed by atoms with Gasteiger partial charge in [0.1, 0.15) is 13.2 Å². The Morgan fingerprint density at radius 1 is 0.333 bits per heavy atom. The van der Waals surface area contributed by atoms with Crippen molar-refractivity contribution in [1.82, 2.24) is 0 Å². The molecule has 1 atom stereocenters. The van der Waals surface area contributed by atoms with Crippen LogP contribution in [0.25, 0.3) is 0 Å². The van der Waals surface area contributed by atoms with Crippen LogP contribution < -0.4 is 0 Å². The molecule has 0 aromatic rings. The molecule has 356 valence electrons. The van der Waals surface area contributed by atoms with E-state index in [1.807, 2.05) is 0 Å². The van der Waals surface area contributed by atoms with Crippen molar-refractivity contribution < 1.29 is 28.6 Å². The van der Waals surface area contributed by atoms with Gasteiger partial charge in [0, 0.05) is 19.3 Å². The van der Waals surface area contributed by atoms with Gasteiger partial charge >= 0.3 is 17.9 Å². The van der Waals surface area contributed by atoms with Crippen molar-refractivity contribution in [3.05, 3.63) is 109 Å². The molecule has 6 heteroatoms. The number of hydrogen-bond acceptors (Lipinski definition) is 6. The zero-order valence-electron chi connectivity index (χ0n) is 40.5. The van der Waals surface area contributed by atoms with Gasteiger partial charge in [-0.3, -0.25) is 14.4 Å². The molecule has 0 fully saturated rings. The zero-order valence-corrected chi connectivity index (χ0v) is 40.5. The molecule has 0 aliphatic heterocycles. The Hall–Kier alpha value is -3.93. The van der Waals surface area contributed by atoms with Crippen LogP contribution in [0.4, 0.5) is 0 Å². The number of allylic oxidation sites excluding steroid dienone is 18. The van der Waals surface area contributed by atoms with Crippen LogP contribution in [0.1, 0.15) is 213 Å². The first-order valence-electron chi connectivity index (χ1n) is 25.4. The predicted octanol–water partition coefficient (Wildman–Crippen LogP) is 16.8. The number of esters is 3. The maximum atomic E-state index is 12.8. The molecule has 0 spiro atoms. The second-order valence-electron chi connectivity index (χ2n) is 16.3. The number of hydrogen-bond donors (Lipinski definition) is 0. The first kappa shape index (κ1) is 59.1. The van der Waals surface area contributed by atoms with E-state index in [1.54, 1.807) is 0 Å². The highest BCUT2D eigenvalue weighted by atomic mass is 16.6. The highest BCUT2D eigenvalue weighted by Crippen LogP contribution is 2.12. The lowest BCUT2D eigenvalue weighted by atomic mass is 10.1. The van der Waals surface area contributed by atoms with E-state index < -0.39 is 6.10 Å². The van der Waals surface area contributed by atoms with Crippen LogP contribution in [0.5, 0.6) is 0 Å². The van der Waals surface area contributed by atoms with Crippen LogP contribution >= 0.6 is 0 Å². The SMILES string of the molecule is CC/C=C/C/C=C/C/C=C/C/C=C/C/C=C/CCCC(=O)OC[C@@H](COC(=O)CCCCCCC/C=C/C/C=C/CCCC)OC(=O)CCCCCCC/C=C/C/C=C/CCCC. The van der Waals surface area contributed by atoms with Gasteiger partial charge in [-0.2, -0.15) is 0 Å². The normalized spacial score (nSPS) is 13.0. The molecule has 0 unspecified atom stereocenters. The summed E-state index contributed by atoms with van der Waals surface area (Å²) in [6.07, 6.45) is 67.8. The lowest BCUT2D eigenvalue weighted by Gasteiger charge is -2.18. The molecular weight excluding hydrogens is 781 g/mol. The fraction of sp³-hybridized carbons (Fsp3) is 0.632. The van der Waals surface area contributed by atoms with Crippen molar-refractivity contribution in [1.29, 1.82) is 0 Å². The van der Waals surface area contributed by atoms with Gasteiger partial charge in [0.2, 0.25) is 0 Å². The van der Waals surface area contributed by atoms with E-state index in [0.29, 0.717) is 19.3 Å². The van der Waals surface area contributed by atoms with Crippen molar-refractivity contribution in [2.75, 3.05) is 13.2 Å². The molecule has 0 amide bonds. The first-order valence-corrected chi connectivity index (χ1v) is 25.4. The lowest BCUT2D eigenvalue weighted by Crippen LogP contribution is -2.30. The molecule has 0 saturated heterocycles. The average molecular weight is 873 g/mol. The maximum Gasteiger partial charge on any atom is 0.306 e. The van der Waals surface area contributed by atoms with Crippen LogP contribution in [0.2, 0.25) is 0 Å². The van der Waals surface area contributed by atoms with Crippen molar-refractivity contribution in [3.8, 4) is 0 Å². The van der Waals surface area contributed by atoms with Gasteiger partial charge in [-0.05, 0) is 109 Å². The van der Waals surface area contributed by atoms with Crippen molar-refractivity contribution in [2.24, 2.45) is 0 Å². The van der Waals surface area contributed by atoms with E-state index in [0.717, 1.165) is 128 Å². The van der Waals surface area contributed by atoms with E-state index in [-0.39, 0.29) is 37.5 Å². The van der Waals surface area contributed by atoms with Gasteiger partial charge in [-0.25, -0.2) is 0 Å². The number of rotatable bonds is 44. The summed E-state index contributed by atoms with van der Waals surface area (Å²) in [5.41, 5.74) is 0. The zero-order chi connectivity index (χ0) is 45.8. The summed E-state index contributed by atoms with van der Waals surface area (Å²) in [4.78, 5) is 37.9. The van der Waals surface area contributed by atoms with Crippen molar-refractivity contribution in [2.45, 2.75) is 219 Å². The molecule has 0 aliphatic carbocycles. The summed E-state index contributed by atoms with van der Waals surface area (Å²) in [5.74, 6) is -1.01. The standard InChI is InChI=1S/C57H92O6/c1-4-7-10-13-16-19-22-25-28-29-30-33-35-38-41-44-47-50-56(59)62-53-54(63-57(60)51-48-45-42-39-36-32-27-24-21-18-15-12-9-6-3)52-61-55(58)49-46-43-40-37-34-31-26-23-20-17-14-11-8-5-2/h7,10,14-19,23-28,30,33,38,41,54H,4-6,8-9,11-13,20-22,29,31-32,34-37,39-40,42-53H2,1-3H3/b10-7+,17-14+,18-15+,19-16+,26-23+,27-24+,28-25+,33-30+,41-38+/t54-/m1/s1. The third-order valence-electron chi connectivity index (χ3n) is 10.2. The summed E-state index contributed by atoms with van der Waals surface area (Å²) in [6, 6.07) is 0. The average Bonchev–Trinajstić information content (AvgIpc) is 3.28. The molecule has 0 aliphatic rings. The Labute approximate surface area is 387 Å². The second kappa shape index (κ2) is 50.7. The molecule has 0 aromatic carbocycles.